The van der Waals surface area contributed by atoms with Crippen molar-refractivity contribution in [3.8, 4) is 0 Å². The Balaban J connectivity index is 1.80. The number of nitrogens with two attached hydrogens (primary N) is 2. The highest BCUT2D eigenvalue weighted by atomic mass is 32.2. The lowest BCUT2D eigenvalue weighted by Gasteiger charge is -2.37. The summed E-state index contributed by atoms with van der Waals surface area (Å²) in [5, 5.41) is 0. The van der Waals surface area contributed by atoms with Gasteiger partial charge in [-0.1, -0.05) is 48.2 Å². The predicted molar refractivity (Wildman–Crippen MR) is 134 cm³/mol. The summed E-state index contributed by atoms with van der Waals surface area (Å²) in [6, 6.07) is 22.8. The van der Waals surface area contributed by atoms with Gasteiger partial charge in [-0.3, -0.25) is 4.55 Å². The Hall–Kier alpha value is -3.47. The zero-order valence-corrected chi connectivity index (χ0v) is 20.2. The first kappa shape index (κ1) is 25.6. The van der Waals surface area contributed by atoms with Gasteiger partial charge in [-0.25, -0.2) is 0 Å². The fourth-order valence-electron chi connectivity index (χ4n) is 4.05. The van der Waals surface area contributed by atoms with Crippen LogP contribution in [-0.4, -0.2) is 19.1 Å². The summed E-state index contributed by atoms with van der Waals surface area (Å²) in [6.45, 7) is 0. The summed E-state index contributed by atoms with van der Waals surface area (Å²) >= 11 is 1.24. The summed E-state index contributed by atoms with van der Waals surface area (Å²) in [5.74, 6) is 0. The van der Waals surface area contributed by atoms with Crippen LogP contribution in [0.15, 0.2) is 112 Å². The van der Waals surface area contributed by atoms with Gasteiger partial charge in [-0.2, -0.15) is 21.6 Å². The Morgan fingerprint density at radius 2 is 0.944 bits per heavy atom. The molecule has 0 amide bonds. The van der Waals surface area contributed by atoms with Crippen molar-refractivity contribution in [1.29, 1.82) is 0 Å². The number of benzene rings is 4. The molecule has 10 heteroatoms. The average molecular weight is 531 g/mol. The fraction of sp³-hybridized carbons (Fsp3) is 0.0769. The highest BCUT2D eigenvalue weighted by molar-refractivity contribution is 7.99. The fourth-order valence-corrected chi connectivity index (χ4v) is 5.34. The third-order valence-electron chi connectivity index (χ3n) is 5.76. The first-order chi connectivity index (χ1) is 16.9. The van der Waals surface area contributed by atoms with Gasteiger partial charge in [0.15, 0.2) is 0 Å². The van der Waals surface area contributed by atoms with E-state index in [1.165, 1.54) is 96.7 Å². The molecule has 0 heterocycles. The maximum absolute atomic E-state index is 15.1. The van der Waals surface area contributed by atoms with Gasteiger partial charge in [0, 0.05) is 21.2 Å². The molecule has 0 saturated heterocycles. The maximum atomic E-state index is 15.1. The van der Waals surface area contributed by atoms with E-state index in [0.29, 0.717) is 21.2 Å². The van der Waals surface area contributed by atoms with E-state index < -0.39 is 21.7 Å². The Morgan fingerprint density at radius 3 is 1.28 bits per heavy atom. The largest absolute Gasteiger partial charge is 0.406 e. The number of hydrogen-bond donors (Lipinski definition) is 3. The lowest BCUT2D eigenvalue weighted by Crippen LogP contribution is -2.44. The second-order valence-electron chi connectivity index (χ2n) is 8.06. The van der Waals surface area contributed by atoms with E-state index in [4.69, 9.17) is 16.0 Å². The SMILES string of the molecule is Nc1ccc(C(c2ccc(N)cc2)(c2ccc(Sc3ccc(S(=O)(=O)O)cc3)cc2)C(F)(F)F)cc1. The average Bonchev–Trinajstić information content (AvgIpc) is 2.82. The molecule has 0 aliphatic rings. The van der Waals surface area contributed by atoms with Crippen LogP contribution in [0.3, 0.4) is 0 Å². The van der Waals surface area contributed by atoms with Crippen LogP contribution in [0.1, 0.15) is 16.7 Å². The molecule has 0 spiro atoms. The molecule has 4 rings (SSSR count). The summed E-state index contributed by atoms with van der Waals surface area (Å²) in [5.41, 5.74) is 9.75. The molecule has 4 aromatic carbocycles. The molecular weight excluding hydrogens is 509 g/mol. The van der Waals surface area contributed by atoms with Crippen molar-refractivity contribution in [2.24, 2.45) is 0 Å². The van der Waals surface area contributed by atoms with Crippen LogP contribution < -0.4 is 11.5 Å². The minimum Gasteiger partial charge on any atom is -0.399 e. The summed E-state index contributed by atoms with van der Waals surface area (Å²) < 4.78 is 76.8. The summed E-state index contributed by atoms with van der Waals surface area (Å²) in [6.07, 6.45) is -4.71. The summed E-state index contributed by atoms with van der Waals surface area (Å²) in [7, 11) is -4.32. The van der Waals surface area contributed by atoms with E-state index in [2.05, 4.69) is 0 Å². The van der Waals surface area contributed by atoms with Crippen LogP contribution in [0, 0.1) is 0 Å². The number of hydrogen-bond acceptors (Lipinski definition) is 5. The van der Waals surface area contributed by atoms with Crippen molar-refractivity contribution in [3.05, 3.63) is 114 Å². The van der Waals surface area contributed by atoms with Crippen LogP contribution in [0.25, 0.3) is 0 Å². The Morgan fingerprint density at radius 1 is 0.611 bits per heavy atom. The zero-order valence-electron chi connectivity index (χ0n) is 18.6. The van der Waals surface area contributed by atoms with Crippen LogP contribution >= 0.6 is 11.8 Å². The van der Waals surface area contributed by atoms with Gasteiger partial charge in [0.2, 0.25) is 0 Å². The van der Waals surface area contributed by atoms with Crippen LogP contribution in [-0.2, 0) is 15.5 Å². The maximum Gasteiger partial charge on any atom is 0.406 e. The number of rotatable bonds is 6. The van der Waals surface area contributed by atoms with Crippen molar-refractivity contribution >= 4 is 33.3 Å². The van der Waals surface area contributed by atoms with Crippen molar-refractivity contribution in [2.75, 3.05) is 11.5 Å². The second kappa shape index (κ2) is 9.53. The first-order valence-electron chi connectivity index (χ1n) is 10.6. The first-order valence-corrected chi connectivity index (χ1v) is 12.8. The van der Waals surface area contributed by atoms with Crippen LogP contribution in [0.5, 0.6) is 0 Å². The minimum absolute atomic E-state index is 0.00942. The monoisotopic (exact) mass is 530 g/mol. The van der Waals surface area contributed by atoms with Gasteiger partial charge in [0.25, 0.3) is 10.1 Å². The molecule has 36 heavy (non-hydrogen) atoms. The Bertz CT molecular complexity index is 1410. The molecule has 0 radical (unpaired) electrons. The van der Waals surface area contributed by atoms with Gasteiger partial charge in [0.1, 0.15) is 5.41 Å². The third-order valence-corrected chi connectivity index (χ3v) is 7.64. The molecule has 0 bridgehead atoms. The highest BCUT2D eigenvalue weighted by Crippen LogP contribution is 2.51. The highest BCUT2D eigenvalue weighted by Gasteiger charge is 2.58. The number of alkyl halides is 3. The molecule has 0 aliphatic heterocycles. The molecule has 5 nitrogen and oxygen atoms in total. The van der Waals surface area contributed by atoms with E-state index in [-0.39, 0.29) is 21.6 Å². The van der Waals surface area contributed by atoms with E-state index >= 15 is 13.2 Å². The van der Waals surface area contributed by atoms with Gasteiger partial charge in [-0.15, -0.1) is 0 Å². The molecule has 5 N–H and O–H groups in total. The topological polar surface area (TPSA) is 106 Å². The van der Waals surface area contributed by atoms with Gasteiger partial charge < -0.3 is 11.5 Å². The van der Waals surface area contributed by atoms with Gasteiger partial charge >= 0.3 is 6.18 Å². The standard InChI is InChI=1S/C26H21F3N2O3S2/c27-26(28,29)25(17-1-7-20(30)8-2-17,18-3-9-21(31)10-4-18)19-5-11-22(12-6-19)35-23-13-15-24(16-14-23)36(32,33)34/h1-16H,30-31H2,(H,32,33,34). The van der Waals surface area contributed by atoms with Crippen LogP contribution in [0.4, 0.5) is 24.5 Å². The molecule has 0 fully saturated rings. The molecule has 4 aromatic rings. The lowest BCUT2D eigenvalue weighted by atomic mass is 9.68. The number of anilines is 2. The predicted octanol–water partition coefficient (Wildman–Crippen LogP) is 6.15. The van der Waals surface area contributed by atoms with Gasteiger partial charge in [0.05, 0.1) is 4.90 Å². The Kier molecular flexibility index (Phi) is 6.78. The van der Waals surface area contributed by atoms with E-state index in [1.54, 1.807) is 12.1 Å². The molecule has 0 atom stereocenters. The third kappa shape index (κ3) is 4.92. The van der Waals surface area contributed by atoms with Crippen molar-refractivity contribution in [3.63, 3.8) is 0 Å². The van der Waals surface area contributed by atoms with Crippen LogP contribution in [0.2, 0.25) is 0 Å². The molecule has 186 valence electrons. The van der Waals surface area contributed by atoms with Crippen molar-refractivity contribution in [2.45, 2.75) is 26.3 Å². The van der Waals surface area contributed by atoms with Gasteiger partial charge in [-0.05, 0) is 77.4 Å². The molecule has 0 unspecified atom stereocenters. The molecule has 0 aromatic heterocycles. The normalized spacial score (nSPS) is 12.4. The molecule has 0 aliphatic carbocycles. The second-order valence-corrected chi connectivity index (χ2v) is 10.6. The quantitative estimate of drug-likeness (QED) is 0.157. The van der Waals surface area contributed by atoms with Crippen molar-refractivity contribution < 1.29 is 26.1 Å². The van der Waals surface area contributed by atoms with E-state index in [0.717, 1.165) is 0 Å². The van der Waals surface area contributed by atoms with Crippen molar-refractivity contribution in [1.82, 2.24) is 0 Å². The summed E-state index contributed by atoms with van der Waals surface area (Å²) in [4.78, 5) is 1.04. The van der Waals surface area contributed by atoms with E-state index in [1.807, 2.05) is 0 Å². The zero-order chi connectivity index (χ0) is 26.1. The lowest BCUT2D eigenvalue weighted by molar-refractivity contribution is -0.166. The molecular formula is C26H21F3N2O3S2. The number of halogens is 3. The smallest absolute Gasteiger partial charge is 0.399 e. The molecule has 0 saturated carbocycles. The van der Waals surface area contributed by atoms with E-state index in [9.17, 15) is 8.42 Å². The minimum atomic E-state index is -4.71. The Labute approximate surface area is 210 Å². The number of nitrogen functional groups attached to an aromatic ring is 2.